The third-order valence-electron chi connectivity index (χ3n) is 1.69. The van der Waals surface area contributed by atoms with Gasteiger partial charge in [-0.3, -0.25) is 0 Å². The molecule has 0 aliphatic carbocycles. The van der Waals surface area contributed by atoms with Crippen LogP contribution in [0.4, 0.5) is 0 Å². The zero-order chi connectivity index (χ0) is 10.7. The predicted octanol–water partition coefficient (Wildman–Crippen LogP) is 1.99. The molecule has 0 saturated heterocycles. The van der Waals surface area contributed by atoms with E-state index in [0.717, 1.165) is 5.56 Å². The number of methoxy groups -OCH3 is 1. The topological polar surface area (TPSA) is 55.5 Å². The molecule has 0 aromatic heterocycles. The van der Waals surface area contributed by atoms with Gasteiger partial charge in [0.25, 0.3) is 0 Å². The lowest BCUT2D eigenvalue weighted by Gasteiger charge is -2.08. The summed E-state index contributed by atoms with van der Waals surface area (Å²) in [5.74, 6) is 0.491. The van der Waals surface area contributed by atoms with Crippen LogP contribution in [0.1, 0.15) is 5.56 Å². The number of phenols is 1. The Morgan fingerprint density at radius 3 is 2.79 bits per heavy atom. The summed E-state index contributed by atoms with van der Waals surface area (Å²) < 4.78 is 5.56. The molecule has 0 unspecified atom stereocenters. The molecule has 0 radical (unpaired) electrons. The molecule has 0 amide bonds. The van der Waals surface area contributed by atoms with Gasteiger partial charge in [0.1, 0.15) is 0 Å². The van der Waals surface area contributed by atoms with E-state index < -0.39 is 0 Å². The van der Waals surface area contributed by atoms with Gasteiger partial charge in [0.2, 0.25) is 0 Å². The van der Waals surface area contributed by atoms with Crippen molar-refractivity contribution >= 4 is 33.1 Å². The molecule has 0 aliphatic rings. The van der Waals surface area contributed by atoms with Gasteiger partial charge in [-0.1, -0.05) is 12.2 Å². The standard InChI is InChI=1S/C9H10BrNO2S/c1-13-7-3-5(4-8(11)14)2-6(10)9(7)12/h2-3,12H,4H2,1H3,(H2,11,14). The van der Waals surface area contributed by atoms with Crippen LogP contribution in [0.25, 0.3) is 0 Å². The number of thiocarbonyl (C=S) groups is 1. The molecule has 1 aromatic rings. The van der Waals surface area contributed by atoms with Crippen LogP contribution in [0, 0.1) is 0 Å². The van der Waals surface area contributed by atoms with E-state index >= 15 is 0 Å². The second kappa shape index (κ2) is 4.61. The van der Waals surface area contributed by atoms with Crippen molar-refractivity contribution in [3.05, 3.63) is 22.2 Å². The summed E-state index contributed by atoms with van der Waals surface area (Å²) in [5.41, 5.74) is 6.32. The van der Waals surface area contributed by atoms with E-state index in [1.54, 1.807) is 12.1 Å². The second-order valence-electron chi connectivity index (χ2n) is 2.77. The number of aromatic hydroxyl groups is 1. The summed E-state index contributed by atoms with van der Waals surface area (Å²) in [7, 11) is 1.49. The third kappa shape index (κ3) is 2.59. The van der Waals surface area contributed by atoms with E-state index in [1.807, 2.05) is 0 Å². The quantitative estimate of drug-likeness (QED) is 0.829. The van der Waals surface area contributed by atoms with Crippen molar-refractivity contribution in [2.24, 2.45) is 5.73 Å². The van der Waals surface area contributed by atoms with Gasteiger partial charge < -0.3 is 15.6 Å². The minimum atomic E-state index is 0.0826. The van der Waals surface area contributed by atoms with E-state index in [0.29, 0.717) is 21.6 Å². The lowest BCUT2D eigenvalue weighted by atomic mass is 10.1. The Morgan fingerprint density at radius 2 is 2.29 bits per heavy atom. The van der Waals surface area contributed by atoms with E-state index in [9.17, 15) is 5.11 Å². The van der Waals surface area contributed by atoms with Gasteiger partial charge in [-0.25, -0.2) is 0 Å². The summed E-state index contributed by atoms with van der Waals surface area (Å²) in [6.07, 6.45) is 0.491. The van der Waals surface area contributed by atoms with Gasteiger partial charge in [-0.2, -0.15) is 0 Å². The number of hydrogen-bond acceptors (Lipinski definition) is 3. The number of ether oxygens (including phenoxy) is 1. The average molecular weight is 276 g/mol. The summed E-state index contributed by atoms with van der Waals surface area (Å²) in [4.78, 5) is 0.407. The molecule has 76 valence electrons. The van der Waals surface area contributed by atoms with E-state index in [2.05, 4.69) is 15.9 Å². The van der Waals surface area contributed by atoms with Crippen molar-refractivity contribution in [1.82, 2.24) is 0 Å². The zero-order valence-electron chi connectivity index (χ0n) is 7.58. The Labute approximate surface area is 96.0 Å². The number of nitrogens with two attached hydrogens (primary N) is 1. The highest BCUT2D eigenvalue weighted by molar-refractivity contribution is 9.10. The SMILES string of the molecule is COc1cc(CC(N)=S)cc(Br)c1O. The van der Waals surface area contributed by atoms with Crippen LogP contribution in [0.15, 0.2) is 16.6 Å². The molecule has 0 atom stereocenters. The number of phenolic OH excluding ortho intramolecular Hbond substituents is 1. The molecular formula is C9H10BrNO2S. The summed E-state index contributed by atoms with van der Waals surface area (Å²) in [6, 6.07) is 3.47. The van der Waals surface area contributed by atoms with Gasteiger partial charge in [0.05, 0.1) is 16.6 Å². The molecule has 3 nitrogen and oxygen atoms in total. The van der Waals surface area contributed by atoms with Crippen molar-refractivity contribution in [3.8, 4) is 11.5 Å². The van der Waals surface area contributed by atoms with E-state index in [4.69, 9.17) is 22.7 Å². The molecule has 0 bridgehead atoms. The first-order valence-corrected chi connectivity index (χ1v) is 5.08. The molecule has 0 spiro atoms. The monoisotopic (exact) mass is 275 g/mol. The van der Waals surface area contributed by atoms with E-state index in [-0.39, 0.29) is 5.75 Å². The van der Waals surface area contributed by atoms with Gasteiger partial charge in [0.15, 0.2) is 11.5 Å². The average Bonchev–Trinajstić information content (AvgIpc) is 2.10. The zero-order valence-corrected chi connectivity index (χ0v) is 9.98. The normalized spacial score (nSPS) is 9.86. The Balaban J connectivity index is 3.09. The summed E-state index contributed by atoms with van der Waals surface area (Å²) in [6.45, 7) is 0. The number of halogens is 1. The van der Waals surface area contributed by atoms with Crippen LogP contribution in [0.3, 0.4) is 0 Å². The van der Waals surface area contributed by atoms with Crippen molar-refractivity contribution in [2.75, 3.05) is 7.11 Å². The number of rotatable bonds is 3. The maximum absolute atomic E-state index is 9.52. The summed E-state index contributed by atoms with van der Waals surface area (Å²) in [5, 5.41) is 9.52. The van der Waals surface area contributed by atoms with Crippen LogP contribution in [-0.4, -0.2) is 17.2 Å². The highest BCUT2D eigenvalue weighted by atomic mass is 79.9. The molecule has 0 aliphatic heterocycles. The fourth-order valence-electron chi connectivity index (χ4n) is 1.09. The number of benzene rings is 1. The first-order chi connectivity index (χ1) is 6.54. The van der Waals surface area contributed by atoms with Crippen LogP contribution >= 0.6 is 28.1 Å². The summed E-state index contributed by atoms with van der Waals surface area (Å²) >= 11 is 8.01. The second-order valence-corrected chi connectivity index (χ2v) is 4.15. The van der Waals surface area contributed by atoms with Crippen molar-refractivity contribution in [3.63, 3.8) is 0 Å². The van der Waals surface area contributed by atoms with Crippen LogP contribution in [0.5, 0.6) is 11.5 Å². The lowest BCUT2D eigenvalue weighted by molar-refractivity contribution is 0.371. The third-order valence-corrected chi connectivity index (χ3v) is 2.44. The predicted molar refractivity (Wildman–Crippen MR) is 62.8 cm³/mol. The lowest BCUT2D eigenvalue weighted by Crippen LogP contribution is -2.11. The van der Waals surface area contributed by atoms with Crippen molar-refractivity contribution in [1.29, 1.82) is 0 Å². The maximum Gasteiger partial charge on any atom is 0.172 e. The van der Waals surface area contributed by atoms with Gasteiger partial charge in [-0.15, -0.1) is 0 Å². The van der Waals surface area contributed by atoms with Crippen LogP contribution in [0.2, 0.25) is 0 Å². The molecule has 1 rings (SSSR count). The Morgan fingerprint density at radius 1 is 1.64 bits per heavy atom. The van der Waals surface area contributed by atoms with Crippen molar-refractivity contribution < 1.29 is 9.84 Å². The Hall–Kier alpha value is -0.810. The first-order valence-electron chi connectivity index (χ1n) is 3.88. The first kappa shape index (κ1) is 11.3. The van der Waals surface area contributed by atoms with Crippen LogP contribution in [-0.2, 0) is 6.42 Å². The smallest absolute Gasteiger partial charge is 0.172 e. The minimum Gasteiger partial charge on any atom is -0.503 e. The molecule has 0 heterocycles. The van der Waals surface area contributed by atoms with E-state index in [1.165, 1.54) is 7.11 Å². The molecule has 1 aromatic carbocycles. The van der Waals surface area contributed by atoms with Crippen molar-refractivity contribution in [2.45, 2.75) is 6.42 Å². The van der Waals surface area contributed by atoms with Gasteiger partial charge in [0, 0.05) is 6.42 Å². The highest BCUT2D eigenvalue weighted by Crippen LogP contribution is 2.35. The maximum atomic E-state index is 9.52. The molecule has 3 N–H and O–H groups in total. The van der Waals surface area contributed by atoms with Gasteiger partial charge in [-0.05, 0) is 33.6 Å². The Bertz CT molecular complexity index is 368. The largest absolute Gasteiger partial charge is 0.503 e. The number of hydrogen-bond donors (Lipinski definition) is 2. The van der Waals surface area contributed by atoms with Crippen LogP contribution < -0.4 is 10.5 Å². The fourth-order valence-corrected chi connectivity index (χ4v) is 1.74. The molecular weight excluding hydrogens is 266 g/mol. The molecule has 14 heavy (non-hydrogen) atoms. The fraction of sp³-hybridized carbons (Fsp3) is 0.222. The molecule has 0 saturated carbocycles. The van der Waals surface area contributed by atoms with Gasteiger partial charge >= 0.3 is 0 Å². The molecule has 0 fully saturated rings. The highest BCUT2D eigenvalue weighted by Gasteiger charge is 2.08. The molecule has 5 heteroatoms. The minimum absolute atomic E-state index is 0.0826. The Kier molecular flexibility index (Phi) is 3.71.